The minimum absolute atomic E-state index is 0.108. The first-order chi connectivity index (χ1) is 12.1. The van der Waals surface area contributed by atoms with Crippen molar-refractivity contribution < 1.29 is 19.0 Å². The molecule has 3 aromatic rings. The van der Waals surface area contributed by atoms with E-state index in [-0.39, 0.29) is 17.5 Å². The molecule has 6 nitrogen and oxygen atoms in total. The van der Waals surface area contributed by atoms with E-state index >= 15 is 0 Å². The molecule has 2 heterocycles. The lowest BCUT2D eigenvalue weighted by atomic mass is 10.1. The second-order valence-corrected chi connectivity index (χ2v) is 5.36. The molecule has 7 heteroatoms. The van der Waals surface area contributed by atoms with Crippen LogP contribution in [0.5, 0.6) is 5.88 Å². The van der Waals surface area contributed by atoms with Gasteiger partial charge >= 0.3 is 5.97 Å². The summed E-state index contributed by atoms with van der Waals surface area (Å²) in [6.07, 6.45) is 3.32. The Labute approximate surface area is 143 Å². The number of benzene rings is 1. The van der Waals surface area contributed by atoms with E-state index < -0.39 is 5.97 Å². The van der Waals surface area contributed by atoms with Crippen molar-refractivity contribution in [2.75, 3.05) is 0 Å². The van der Waals surface area contributed by atoms with Crippen molar-refractivity contribution in [2.45, 2.75) is 19.4 Å². The van der Waals surface area contributed by atoms with Gasteiger partial charge in [0.2, 0.25) is 5.88 Å². The van der Waals surface area contributed by atoms with Crippen molar-refractivity contribution in [3.8, 4) is 11.7 Å². The van der Waals surface area contributed by atoms with E-state index in [0.29, 0.717) is 18.1 Å². The van der Waals surface area contributed by atoms with Crippen LogP contribution in [0.25, 0.3) is 5.82 Å². The molecule has 0 spiro atoms. The van der Waals surface area contributed by atoms with E-state index in [1.54, 1.807) is 24.4 Å². The summed E-state index contributed by atoms with van der Waals surface area (Å²) >= 11 is 0. The lowest BCUT2D eigenvalue weighted by molar-refractivity contribution is 0.0696. The second-order valence-electron chi connectivity index (χ2n) is 5.36. The summed E-state index contributed by atoms with van der Waals surface area (Å²) in [6, 6.07) is 10.6. The Morgan fingerprint density at radius 2 is 2.00 bits per heavy atom. The molecule has 25 heavy (non-hydrogen) atoms. The van der Waals surface area contributed by atoms with Crippen molar-refractivity contribution in [1.82, 2.24) is 14.8 Å². The van der Waals surface area contributed by atoms with Crippen LogP contribution in [0.1, 0.15) is 35.4 Å². The summed E-state index contributed by atoms with van der Waals surface area (Å²) in [5, 5.41) is 13.3. The Bertz CT molecular complexity index is 877. The van der Waals surface area contributed by atoms with Crippen LogP contribution in [0.4, 0.5) is 4.39 Å². The van der Waals surface area contributed by atoms with Gasteiger partial charge in [-0.05, 0) is 36.2 Å². The number of nitrogens with zero attached hydrogens (tertiary/aromatic N) is 3. The molecule has 0 fully saturated rings. The highest BCUT2D eigenvalue weighted by Crippen LogP contribution is 2.26. The van der Waals surface area contributed by atoms with Crippen molar-refractivity contribution in [1.29, 1.82) is 0 Å². The molecule has 2 aromatic heterocycles. The number of aromatic carboxylic acids is 1. The van der Waals surface area contributed by atoms with E-state index in [4.69, 9.17) is 9.84 Å². The molecule has 1 atom stereocenters. The molecule has 0 saturated carbocycles. The maximum atomic E-state index is 13.1. The van der Waals surface area contributed by atoms with E-state index in [0.717, 1.165) is 5.56 Å². The summed E-state index contributed by atoms with van der Waals surface area (Å²) in [5.74, 6) is -0.588. The quantitative estimate of drug-likeness (QED) is 0.741. The summed E-state index contributed by atoms with van der Waals surface area (Å²) in [6.45, 7) is 1.96. The van der Waals surface area contributed by atoms with Crippen molar-refractivity contribution in [2.24, 2.45) is 0 Å². The van der Waals surface area contributed by atoms with Crippen LogP contribution in [0.15, 0.2) is 54.9 Å². The van der Waals surface area contributed by atoms with Gasteiger partial charge in [-0.15, -0.1) is 0 Å². The number of carboxylic acids is 1. The Morgan fingerprint density at radius 3 is 2.68 bits per heavy atom. The van der Waals surface area contributed by atoms with Crippen LogP contribution in [-0.4, -0.2) is 25.8 Å². The van der Waals surface area contributed by atoms with Crippen LogP contribution >= 0.6 is 0 Å². The number of carboxylic acid groups (broad SMARTS) is 1. The molecular formula is C18H16FN3O3. The fourth-order valence-corrected chi connectivity index (χ4v) is 2.43. The second kappa shape index (κ2) is 7.12. The number of aromatic nitrogens is 3. The van der Waals surface area contributed by atoms with Gasteiger partial charge < -0.3 is 9.84 Å². The molecule has 0 amide bonds. The molecule has 3 rings (SSSR count). The van der Waals surface area contributed by atoms with E-state index in [1.807, 2.05) is 6.92 Å². The maximum absolute atomic E-state index is 13.1. The third-order valence-electron chi connectivity index (χ3n) is 3.69. The number of hydrogen-bond acceptors (Lipinski definition) is 4. The first kappa shape index (κ1) is 16.6. The summed E-state index contributed by atoms with van der Waals surface area (Å²) < 4.78 is 20.5. The van der Waals surface area contributed by atoms with Crippen LogP contribution in [0.2, 0.25) is 0 Å². The Hall–Kier alpha value is -3.22. The molecule has 1 unspecified atom stereocenters. The molecule has 1 N–H and O–H groups in total. The van der Waals surface area contributed by atoms with Gasteiger partial charge in [0.05, 0.1) is 11.8 Å². The number of pyridine rings is 1. The monoisotopic (exact) mass is 341 g/mol. The number of rotatable bonds is 6. The minimum Gasteiger partial charge on any atom is -0.478 e. The molecular weight excluding hydrogens is 325 g/mol. The molecule has 0 aliphatic rings. The topological polar surface area (TPSA) is 77.2 Å². The van der Waals surface area contributed by atoms with Crippen molar-refractivity contribution >= 4 is 5.97 Å². The van der Waals surface area contributed by atoms with Gasteiger partial charge in [0.25, 0.3) is 0 Å². The largest absolute Gasteiger partial charge is 0.478 e. The van der Waals surface area contributed by atoms with Crippen LogP contribution in [0.3, 0.4) is 0 Å². The Balaban J connectivity index is 1.89. The fraction of sp³-hybridized carbons (Fsp3) is 0.167. The van der Waals surface area contributed by atoms with Gasteiger partial charge in [0.1, 0.15) is 11.9 Å². The summed E-state index contributed by atoms with van der Waals surface area (Å²) in [7, 11) is 0. The highest BCUT2D eigenvalue weighted by Gasteiger charge is 2.16. The number of halogens is 1. The first-order valence-electron chi connectivity index (χ1n) is 7.74. The fourth-order valence-electron chi connectivity index (χ4n) is 2.43. The SMILES string of the molecule is CCC(Oc1ccnn1-c1cc(C(=O)O)ccn1)c1ccc(F)cc1. The smallest absolute Gasteiger partial charge is 0.335 e. The predicted octanol–water partition coefficient (Wildman–Crippen LogP) is 3.63. The average Bonchev–Trinajstić information content (AvgIpc) is 3.09. The number of carbonyl (C=O) groups is 1. The van der Waals surface area contributed by atoms with Crippen LogP contribution in [0, 0.1) is 5.82 Å². The lowest BCUT2D eigenvalue weighted by Gasteiger charge is -2.18. The third kappa shape index (κ3) is 3.65. The van der Waals surface area contributed by atoms with E-state index in [1.165, 1.54) is 35.1 Å². The van der Waals surface area contributed by atoms with Gasteiger partial charge in [-0.25, -0.2) is 14.2 Å². The summed E-state index contributed by atoms with van der Waals surface area (Å²) in [4.78, 5) is 15.3. The highest BCUT2D eigenvalue weighted by molar-refractivity contribution is 5.87. The third-order valence-corrected chi connectivity index (χ3v) is 3.69. The van der Waals surface area contributed by atoms with E-state index in [9.17, 15) is 9.18 Å². The van der Waals surface area contributed by atoms with Gasteiger partial charge in [-0.2, -0.15) is 9.78 Å². The summed E-state index contributed by atoms with van der Waals surface area (Å²) in [5.41, 5.74) is 0.945. The van der Waals surface area contributed by atoms with Gasteiger partial charge in [0, 0.05) is 12.3 Å². The molecule has 0 radical (unpaired) electrons. The van der Waals surface area contributed by atoms with E-state index in [2.05, 4.69) is 10.1 Å². The first-order valence-corrected chi connectivity index (χ1v) is 7.74. The zero-order valence-corrected chi connectivity index (χ0v) is 13.5. The number of ether oxygens (including phenoxy) is 1. The molecule has 128 valence electrons. The molecule has 0 bridgehead atoms. The average molecular weight is 341 g/mol. The Kier molecular flexibility index (Phi) is 4.74. The van der Waals surface area contributed by atoms with Crippen LogP contribution < -0.4 is 4.74 Å². The van der Waals surface area contributed by atoms with Gasteiger partial charge in [-0.3, -0.25) is 0 Å². The molecule has 0 aliphatic heterocycles. The maximum Gasteiger partial charge on any atom is 0.335 e. The Morgan fingerprint density at radius 1 is 1.24 bits per heavy atom. The zero-order chi connectivity index (χ0) is 17.8. The highest BCUT2D eigenvalue weighted by atomic mass is 19.1. The lowest BCUT2D eigenvalue weighted by Crippen LogP contribution is -2.11. The predicted molar refractivity (Wildman–Crippen MR) is 88.4 cm³/mol. The van der Waals surface area contributed by atoms with Gasteiger partial charge in [0.15, 0.2) is 5.82 Å². The van der Waals surface area contributed by atoms with Gasteiger partial charge in [-0.1, -0.05) is 19.1 Å². The molecule has 1 aromatic carbocycles. The molecule has 0 saturated heterocycles. The normalized spacial score (nSPS) is 11.9. The van der Waals surface area contributed by atoms with Crippen molar-refractivity contribution in [3.05, 3.63) is 71.8 Å². The standard InChI is InChI=1S/C18H16FN3O3/c1-2-15(12-3-5-14(19)6-4-12)25-17-8-10-21-22(17)16-11-13(18(23)24)7-9-20-16/h3-11,15H,2H2,1H3,(H,23,24). The number of hydrogen-bond donors (Lipinski definition) is 1. The van der Waals surface area contributed by atoms with Crippen molar-refractivity contribution in [3.63, 3.8) is 0 Å². The molecule has 0 aliphatic carbocycles. The van der Waals surface area contributed by atoms with Crippen LogP contribution in [-0.2, 0) is 0 Å². The minimum atomic E-state index is -1.05. The zero-order valence-electron chi connectivity index (χ0n) is 13.5.